The Morgan fingerprint density at radius 3 is 2.49 bits per heavy atom. The summed E-state index contributed by atoms with van der Waals surface area (Å²) in [5.41, 5.74) is 1.66. The van der Waals surface area contributed by atoms with E-state index >= 15 is 0 Å². The van der Waals surface area contributed by atoms with E-state index in [9.17, 15) is 9.59 Å². The van der Waals surface area contributed by atoms with Crippen molar-refractivity contribution in [3.63, 3.8) is 0 Å². The molecule has 37 heavy (non-hydrogen) atoms. The van der Waals surface area contributed by atoms with Gasteiger partial charge in [-0.3, -0.25) is 9.59 Å². The van der Waals surface area contributed by atoms with Crippen molar-refractivity contribution in [3.05, 3.63) is 81.0 Å². The predicted octanol–water partition coefficient (Wildman–Crippen LogP) is 6.10. The van der Waals surface area contributed by atoms with Gasteiger partial charge >= 0.3 is 0 Å². The van der Waals surface area contributed by atoms with Crippen molar-refractivity contribution in [3.8, 4) is 11.5 Å². The van der Waals surface area contributed by atoms with Crippen molar-refractivity contribution in [1.29, 1.82) is 0 Å². The van der Waals surface area contributed by atoms with Gasteiger partial charge in [0.15, 0.2) is 0 Å². The number of carbonyl (C=O) groups excluding carboxylic acids is 2. The molecule has 196 valence electrons. The van der Waals surface area contributed by atoms with Gasteiger partial charge in [0.2, 0.25) is 5.91 Å². The van der Waals surface area contributed by atoms with Gasteiger partial charge in [-0.15, -0.1) is 11.3 Å². The van der Waals surface area contributed by atoms with Crippen LogP contribution in [0, 0.1) is 5.92 Å². The molecule has 0 saturated carbocycles. The van der Waals surface area contributed by atoms with Crippen LogP contribution in [0.5, 0.6) is 11.5 Å². The maximum Gasteiger partial charge on any atom is 0.254 e. The van der Waals surface area contributed by atoms with Gasteiger partial charge < -0.3 is 19.3 Å². The van der Waals surface area contributed by atoms with Crippen molar-refractivity contribution in [2.45, 2.75) is 32.7 Å². The molecular weight excluding hydrogens is 508 g/mol. The number of benzene rings is 2. The van der Waals surface area contributed by atoms with E-state index in [0.29, 0.717) is 41.8 Å². The zero-order valence-electron chi connectivity index (χ0n) is 21.5. The van der Waals surface area contributed by atoms with Gasteiger partial charge in [-0.05, 0) is 77.9 Å². The lowest BCUT2D eigenvalue weighted by atomic mass is 10.00. The Morgan fingerprint density at radius 1 is 1.11 bits per heavy atom. The monoisotopic (exact) mass is 540 g/mol. The number of carbonyl (C=O) groups is 2. The number of halogens is 1. The molecule has 0 radical (unpaired) electrons. The van der Waals surface area contributed by atoms with Crippen LogP contribution in [0.25, 0.3) is 0 Å². The smallest absolute Gasteiger partial charge is 0.254 e. The van der Waals surface area contributed by atoms with Gasteiger partial charge in [-0.1, -0.05) is 31.9 Å². The van der Waals surface area contributed by atoms with E-state index in [2.05, 4.69) is 25.3 Å². The highest BCUT2D eigenvalue weighted by Gasteiger charge is 2.34. The fraction of sp³-hybridized carbons (Fsp3) is 0.379. The van der Waals surface area contributed by atoms with Crippen molar-refractivity contribution in [2.75, 3.05) is 33.4 Å². The molecule has 3 aromatic rings. The summed E-state index contributed by atoms with van der Waals surface area (Å²) in [5, 5.41) is 2.71. The largest absolute Gasteiger partial charge is 0.497 e. The lowest BCUT2D eigenvalue weighted by Gasteiger charge is -2.37. The lowest BCUT2D eigenvalue weighted by molar-refractivity contribution is -0.135. The molecule has 8 heteroatoms. The van der Waals surface area contributed by atoms with Crippen molar-refractivity contribution < 1.29 is 19.1 Å². The van der Waals surface area contributed by atoms with Crippen molar-refractivity contribution >= 4 is 34.8 Å². The van der Waals surface area contributed by atoms with E-state index in [1.807, 2.05) is 17.0 Å². The standard InChI is InChI=1S/C29H33ClN2O4S/c1-4-20(2)17-31(29(34)21-5-9-23(35-3)10-6-21)18-28(33)32-15-13-27-25(14-16-37-27)26(32)19-36-24-11-7-22(30)8-12-24/h5-12,14,16,20,26H,4,13,15,17-19H2,1-3H3. The summed E-state index contributed by atoms with van der Waals surface area (Å²) in [6.07, 6.45) is 1.72. The highest BCUT2D eigenvalue weighted by molar-refractivity contribution is 7.10. The van der Waals surface area contributed by atoms with Crippen LogP contribution < -0.4 is 9.47 Å². The molecule has 2 aromatic carbocycles. The van der Waals surface area contributed by atoms with Crippen LogP contribution in [-0.4, -0.2) is 55.0 Å². The molecule has 6 nitrogen and oxygen atoms in total. The van der Waals surface area contributed by atoms with Gasteiger partial charge in [-0.25, -0.2) is 0 Å². The molecule has 2 amide bonds. The van der Waals surface area contributed by atoms with Gasteiger partial charge in [0.1, 0.15) is 24.7 Å². The molecule has 4 rings (SSSR count). The molecule has 1 aliphatic heterocycles. The highest BCUT2D eigenvalue weighted by atomic mass is 35.5. The van der Waals surface area contributed by atoms with Crippen LogP contribution in [0.2, 0.25) is 5.02 Å². The van der Waals surface area contributed by atoms with Crippen LogP contribution in [-0.2, 0) is 11.2 Å². The van der Waals surface area contributed by atoms with Gasteiger partial charge in [0.25, 0.3) is 5.91 Å². The van der Waals surface area contributed by atoms with Crippen molar-refractivity contribution in [2.24, 2.45) is 5.92 Å². The fourth-order valence-corrected chi connectivity index (χ4v) is 5.53. The zero-order valence-corrected chi connectivity index (χ0v) is 23.1. The minimum absolute atomic E-state index is 0.0200. The summed E-state index contributed by atoms with van der Waals surface area (Å²) in [5.74, 6) is 1.42. The molecule has 0 fully saturated rings. The average Bonchev–Trinajstić information content (AvgIpc) is 3.41. The maximum atomic E-state index is 13.8. The summed E-state index contributed by atoms with van der Waals surface area (Å²) in [4.78, 5) is 32.1. The summed E-state index contributed by atoms with van der Waals surface area (Å²) in [7, 11) is 1.59. The van der Waals surface area contributed by atoms with Crippen molar-refractivity contribution in [1.82, 2.24) is 9.80 Å². The lowest BCUT2D eigenvalue weighted by Crippen LogP contribution is -2.48. The minimum atomic E-state index is -0.222. The van der Waals surface area contributed by atoms with Crippen LogP contribution in [0.3, 0.4) is 0 Å². The van der Waals surface area contributed by atoms with E-state index in [-0.39, 0.29) is 30.3 Å². The number of hydrogen-bond acceptors (Lipinski definition) is 5. The van der Waals surface area contributed by atoms with Crippen LogP contribution >= 0.6 is 22.9 Å². The Bertz CT molecular complexity index is 1200. The topological polar surface area (TPSA) is 59.1 Å². The van der Waals surface area contributed by atoms with Crippen LogP contribution in [0.4, 0.5) is 0 Å². The Kier molecular flexibility index (Phi) is 9.11. The Labute approximate surface area is 227 Å². The number of thiophene rings is 1. The molecule has 2 atom stereocenters. The first-order valence-electron chi connectivity index (χ1n) is 12.6. The van der Waals surface area contributed by atoms with E-state index in [0.717, 1.165) is 18.4 Å². The van der Waals surface area contributed by atoms with E-state index in [1.54, 1.807) is 59.7 Å². The average molecular weight is 541 g/mol. The third-order valence-corrected chi connectivity index (χ3v) is 8.06. The third-order valence-electron chi connectivity index (χ3n) is 6.82. The SMILES string of the molecule is CCC(C)CN(CC(=O)N1CCc2sccc2C1COc1ccc(Cl)cc1)C(=O)c1ccc(OC)cc1. The Balaban J connectivity index is 1.53. The summed E-state index contributed by atoms with van der Waals surface area (Å²) < 4.78 is 11.3. The molecule has 0 aliphatic carbocycles. The van der Waals surface area contributed by atoms with Crippen LogP contribution in [0.1, 0.15) is 47.1 Å². The fourth-order valence-electron chi connectivity index (χ4n) is 4.48. The number of methoxy groups -OCH3 is 1. The number of rotatable bonds is 10. The first kappa shape index (κ1) is 27.0. The Hall–Kier alpha value is -3.03. The number of nitrogens with zero attached hydrogens (tertiary/aromatic N) is 2. The molecule has 2 unspecified atom stereocenters. The first-order chi connectivity index (χ1) is 17.9. The van der Waals surface area contributed by atoms with E-state index < -0.39 is 0 Å². The number of amides is 2. The number of hydrogen-bond donors (Lipinski definition) is 0. The molecule has 0 N–H and O–H groups in total. The normalized spacial score (nSPS) is 15.6. The number of fused-ring (bicyclic) bond motifs is 1. The molecular formula is C29H33ClN2O4S. The molecule has 0 spiro atoms. The van der Waals surface area contributed by atoms with E-state index in [4.69, 9.17) is 21.1 Å². The van der Waals surface area contributed by atoms with Crippen LogP contribution in [0.15, 0.2) is 60.0 Å². The second kappa shape index (κ2) is 12.5. The summed E-state index contributed by atoms with van der Waals surface area (Å²) in [6.45, 7) is 5.64. The molecule has 1 aromatic heterocycles. The maximum absolute atomic E-state index is 13.8. The third kappa shape index (κ3) is 6.65. The second-order valence-electron chi connectivity index (χ2n) is 9.34. The molecule has 1 aliphatic rings. The molecule has 0 saturated heterocycles. The first-order valence-corrected chi connectivity index (χ1v) is 13.8. The second-order valence-corrected chi connectivity index (χ2v) is 10.8. The number of ether oxygens (including phenoxy) is 2. The Morgan fingerprint density at radius 2 is 1.81 bits per heavy atom. The van der Waals surface area contributed by atoms with Gasteiger partial charge in [0.05, 0.1) is 13.2 Å². The van der Waals surface area contributed by atoms with Gasteiger partial charge in [0, 0.05) is 28.6 Å². The van der Waals surface area contributed by atoms with E-state index in [1.165, 1.54) is 4.88 Å². The summed E-state index contributed by atoms with van der Waals surface area (Å²) in [6, 6.07) is 16.1. The zero-order chi connectivity index (χ0) is 26.4. The molecule has 2 heterocycles. The highest BCUT2D eigenvalue weighted by Crippen LogP contribution is 2.34. The minimum Gasteiger partial charge on any atom is -0.497 e. The van der Waals surface area contributed by atoms with Gasteiger partial charge in [-0.2, -0.15) is 0 Å². The molecule has 0 bridgehead atoms. The quantitative estimate of drug-likeness (QED) is 0.311. The predicted molar refractivity (Wildman–Crippen MR) is 148 cm³/mol. The summed E-state index contributed by atoms with van der Waals surface area (Å²) >= 11 is 7.72.